The van der Waals surface area contributed by atoms with Gasteiger partial charge < -0.3 is 18.7 Å². The molecule has 0 aliphatic rings. The number of rotatable bonds is 8. The van der Waals surface area contributed by atoms with Crippen LogP contribution in [0.3, 0.4) is 0 Å². The molecular weight excluding hydrogens is 535 g/mol. The lowest BCUT2D eigenvalue weighted by Crippen LogP contribution is -2.14. The third-order valence-electron chi connectivity index (χ3n) is 6.43. The fourth-order valence-corrected chi connectivity index (χ4v) is 6.25. The molecule has 40 heavy (non-hydrogen) atoms. The summed E-state index contributed by atoms with van der Waals surface area (Å²) in [6.45, 7) is 17.0. The smallest absolute Gasteiger partial charge is 0.508 e. The van der Waals surface area contributed by atoms with E-state index in [1.54, 1.807) is 11.8 Å². The zero-order valence-electron chi connectivity index (χ0n) is 24.6. The predicted molar refractivity (Wildman–Crippen MR) is 167 cm³/mol. The van der Waals surface area contributed by atoms with E-state index in [-0.39, 0.29) is 10.8 Å². The monoisotopic (exact) mass is 574 g/mol. The molecule has 210 valence electrons. The van der Waals surface area contributed by atoms with Gasteiger partial charge in [0, 0.05) is 20.9 Å². The van der Waals surface area contributed by atoms with Gasteiger partial charge in [0.05, 0.1) is 0 Å². The SMILES string of the molecule is Cc1cc(O)c(C(C)(C)C)cc1Sc1cc(C(C)(C)C)c(OP(Oc2ccccc2)Oc2ccccc2)cc1C. The lowest BCUT2D eigenvalue weighted by molar-refractivity contribution is 0.382. The van der Waals surface area contributed by atoms with Gasteiger partial charge in [-0.05, 0) is 84.3 Å². The molecule has 0 fully saturated rings. The van der Waals surface area contributed by atoms with Crippen molar-refractivity contribution in [1.29, 1.82) is 0 Å². The molecule has 4 aromatic carbocycles. The van der Waals surface area contributed by atoms with Crippen molar-refractivity contribution in [2.75, 3.05) is 0 Å². The Morgan fingerprint density at radius 2 is 1.05 bits per heavy atom. The van der Waals surface area contributed by atoms with E-state index in [4.69, 9.17) is 13.6 Å². The Bertz CT molecular complexity index is 1400. The molecule has 0 radical (unpaired) electrons. The number of aryl methyl sites for hydroxylation is 2. The van der Waals surface area contributed by atoms with Gasteiger partial charge in [-0.3, -0.25) is 0 Å². The van der Waals surface area contributed by atoms with E-state index in [2.05, 4.69) is 66.7 Å². The average Bonchev–Trinajstić information content (AvgIpc) is 2.86. The zero-order valence-corrected chi connectivity index (χ0v) is 26.3. The summed E-state index contributed by atoms with van der Waals surface area (Å²) < 4.78 is 19.0. The van der Waals surface area contributed by atoms with Crippen molar-refractivity contribution in [3.63, 3.8) is 0 Å². The standard InChI is InChI=1S/C34H39O4PS/c1-23-19-29(35)27(33(3,4)5)21-31(23)40-32-22-28(34(6,7)8)30(20-24(32)2)38-39(36-25-15-11-9-12-16-25)37-26-17-13-10-14-18-26/h9-22,35H,1-8H3. The molecule has 6 heteroatoms. The van der Waals surface area contributed by atoms with Crippen molar-refractivity contribution in [3.05, 3.63) is 107 Å². The summed E-state index contributed by atoms with van der Waals surface area (Å²) in [5.41, 5.74) is 3.78. The third-order valence-corrected chi connectivity index (χ3v) is 8.81. The van der Waals surface area contributed by atoms with Gasteiger partial charge in [-0.2, -0.15) is 0 Å². The molecular formula is C34H39O4PS. The number of phenolic OH excluding ortho intramolecular Hbond substituents is 1. The normalized spacial score (nSPS) is 11.9. The van der Waals surface area contributed by atoms with E-state index >= 15 is 0 Å². The molecule has 0 saturated heterocycles. The molecule has 0 heterocycles. The van der Waals surface area contributed by atoms with Gasteiger partial charge in [0.15, 0.2) is 0 Å². The number of para-hydroxylation sites is 2. The maximum Gasteiger partial charge on any atom is 0.530 e. The van der Waals surface area contributed by atoms with Crippen molar-refractivity contribution >= 4 is 20.4 Å². The largest absolute Gasteiger partial charge is 0.530 e. The highest BCUT2D eigenvalue weighted by atomic mass is 32.2. The molecule has 4 aromatic rings. The quantitative estimate of drug-likeness (QED) is 0.212. The highest BCUT2D eigenvalue weighted by Gasteiger charge is 2.27. The number of phenols is 1. The van der Waals surface area contributed by atoms with E-state index in [1.807, 2.05) is 73.7 Å². The third kappa shape index (κ3) is 7.53. The van der Waals surface area contributed by atoms with E-state index in [0.717, 1.165) is 37.8 Å². The maximum absolute atomic E-state index is 10.6. The lowest BCUT2D eigenvalue weighted by Gasteiger charge is -2.27. The van der Waals surface area contributed by atoms with Crippen molar-refractivity contribution in [2.24, 2.45) is 0 Å². The number of hydrogen-bond donors (Lipinski definition) is 1. The summed E-state index contributed by atoms with van der Waals surface area (Å²) in [5.74, 6) is 2.45. The van der Waals surface area contributed by atoms with Crippen LogP contribution in [0.1, 0.15) is 63.8 Å². The van der Waals surface area contributed by atoms with Crippen LogP contribution in [0, 0.1) is 13.8 Å². The minimum Gasteiger partial charge on any atom is -0.508 e. The van der Waals surface area contributed by atoms with E-state index in [0.29, 0.717) is 17.2 Å². The Hall–Kier alpha value is -3.14. The first-order valence-electron chi connectivity index (χ1n) is 13.4. The van der Waals surface area contributed by atoms with Gasteiger partial charge in [0.2, 0.25) is 0 Å². The highest BCUT2D eigenvalue weighted by molar-refractivity contribution is 7.99. The van der Waals surface area contributed by atoms with Crippen LogP contribution in [-0.2, 0) is 10.8 Å². The number of aromatic hydroxyl groups is 1. The van der Waals surface area contributed by atoms with Crippen molar-refractivity contribution in [1.82, 2.24) is 0 Å². The van der Waals surface area contributed by atoms with E-state index in [9.17, 15) is 5.11 Å². The van der Waals surface area contributed by atoms with E-state index < -0.39 is 8.60 Å². The van der Waals surface area contributed by atoms with Gasteiger partial charge in [-0.15, -0.1) is 0 Å². The fraction of sp³-hybridized carbons (Fsp3) is 0.294. The minimum absolute atomic E-state index is 0.162. The minimum atomic E-state index is -1.78. The van der Waals surface area contributed by atoms with Gasteiger partial charge >= 0.3 is 8.60 Å². The van der Waals surface area contributed by atoms with Gasteiger partial charge in [-0.1, -0.05) is 89.7 Å². The molecule has 0 spiro atoms. The molecule has 0 aromatic heterocycles. The topological polar surface area (TPSA) is 47.9 Å². The van der Waals surface area contributed by atoms with Crippen LogP contribution in [0.15, 0.2) is 94.7 Å². The lowest BCUT2D eigenvalue weighted by atomic mass is 9.86. The van der Waals surface area contributed by atoms with Gasteiger partial charge in [0.25, 0.3) is 0 Å². The van der Waals surface area contributed by atoms with Crippen LogP contribution in [0.4, 0.5) is 0 Å². The predicted octanol–water partition coefficient (Wildman–Crippen LogP) is 10.5. The molecule has 0 saturated carbocycles. The molecule has 0 amide bonds. The van der Waals surface area contributed by atoms with E-state index in [1.165, 1.54) is 0 Å². The van der Waals surface area contributed by atoms with Crippen LogP contribution >= 0.6 is 20.4 Å². The van der Waals surface area contributed by atoms with Gasteiger partial charge in [0.1, 0.15) is 23.0 Å². The number of benzene rings is 4. The Morgan fingerprint density at radius 3 is 1.52 bits per heavy atom. The summed E-state index contributed by atoms with van der Waals surface area (Å²) in [7, 11) is -1.78. The van der Waals surface area contributed by atoms with Crippen LogP contribution in [-0.4, -0.2) is 5.11 Å². The van der Waals surface area contributed by atoms with Crippen molar-refractivity contribution in [3.8, 4) is 23.0 Å². The summed E-state index contributed by atoms with van der Waals surface area (Å²) in [6, 6.07) is 27.5. The summed E-state index contributed by atoms with van der Waals surface area (Å²) in [4.78, 5) is 2.27. The summed E-state index contributed by atoms with van der Waals surface area (Å²) in [6.07, 6.45) is 0. The second-order valence-electron chi connectivity index (χ2n) is 12.0. The Morgan fingerprint density at radius 1 is 0.600 bits per heavy atom. The molecule has 0 aliphatic carbocycles. The summed E-state index contributed by atoms with van der Waals surface area (Å²) >= 11 is 1.72. The fourth-order valence-electron chi connectivity index (χ4n) is 4.21. The summed E-state index contributed by atoms with van der Waals surface area (Å²) in [5, 5.41) is 10.6. The molecule has 0 atom stereocenters. The molecule has 0 bridgehead atoms. The first-order chi connectivity index (χ1) is 18.8. The Balaban J connectivity index is 1.71. The highest BCUT2D eigenvalue weighted by Crippen LogP contribution is 2.48. The Kier molecular flexibility index (Phi) is 9.07. The number of hydrogen-bond acceptors (Lipinski definition) is 5. The molecule has 1 N–H and O–H groups in total. The molecule has 4 rings (SSSR count). The Labute approximate surface area is 244 Å². The zero-order chi connectivity index (χ0) is 29.1. The van der Waals surface area contributed by atoms with Gasteiger partial charge in [-0.25, -0.2) is 0 Å². The first-order valence-corrected chi connectivity index (χ1v) is 15.3. The first kappa shape index (κ1) is 29.8. The second-order valence-corrected chi connectivity index (χ2v) is 14.1. The average molecular weight is 575 g/mol. The van der Waals surface area contributed by atoms with Crippen LogP contribution in [0.25, 0.3) is 0 Å². The van der Waals surface area contributed by atoms with Crippen molar-refractivity contribution in [2.45, 2.75) is 76.0 Å². The molecule has 0 aliphatic heterocycles. The maximum atomic E-state index is 10.6. The van der Waals surface area contributed by atoms with Crippen molar-refractivity contribution < 1.29 is 18.7 Å². The van der Waals surface area contributed by atoms with Crippen LogP contribution in [0.5, 0.6) is 23.0 Å². The van der Waals surface area contributed by atoms with Crippen LogP contribution < -0.4 is 13.6 Å². The molecule has 4 nitrogen and oxygen atoms in total. The second kappa shape index (κ2) is 12.2. The van der Waals surface area contributed by atoms with Crippen LogP contribution in [0.2, 0.25) is 0 Å². The molecule has 0 unspecified atom stereocenters.